The summed E-state index contributed by atoms with van der Waals surface area (Å²) in [7, 11) is 0.132. The van der Waals surface area contributed by atoms with Gasteiger partial charge in [-0.2, -0.15) is 0 Å². The van der Waals surface area contributed by atoms with Crippen molar-refractivity contribution in [2.45, 2.75) is 17.4 Å². The first-order valence-electron chi connectivity index (χ1n) is 10.1. The average Bonchev–Trinajstić information content (AvgIpc) is 2.75. The molecule has 0 bridgehead atoms. The predicted molar refractivity (Wildman–Crippen MR) is 129 cm³/mol. The van der Waals surface area contributed by atoms with Crippen molar-refractivity contribution in [3.8, 4) is 0 Å². The lowest BCUT2D eigenvalue weighted by molar-refractivity contribution is 0.0930. The van der Waals surface area contributed by atoms with Gasteiger partial charge in [0.05, 0.1) is 4.90 Å². The molecule has 1 unspecified atom stereocenters. The number of hydrogen-bond donors (Lipinski definition) is 2. The van der Waals surface area contributed by atoms with Crippen molar-refractivity contribution < 1.29 is 13.2 Å². The van der Waals surface area contributed by atoms with Crippen molar-refractivity contribution in [1.29, 1.82) is 0 Å². The summed E-state index contributed by atoms with van der Waals surface area (Å²) < 4.78 is 27.7. The first kappa shape index (κ1) is 23.8. The molecule has 6 nitrogen and oxygen atoms in total. The number of sulfonamides is 1. The van der Waals surface area contributed by atoms with Gasteiger partial charge in [0.15, 0.2) is 0 Å². The summed E-state index contributed by atoms with van der Waals surface area (Å²) >= 11 is 5.84. The summed E-state index contributed by atoms with van der Waals surface area (Å²) in [5, 5.41) is 3.58. The Balaban J connectivity index is 1.69. The number of hydrogen-bond acceptors (Lipinski definition) is 4. The number of carbonyl (C=O) groups is 1. The molecule has 0 aliphatic heterocycles. The molecule has 1 atom stereocenters. The second kappa shape index (κ2) is 10.6. The number of rotatable bonds is 9. The van der Waals surface area contributed by atoms with Crippen LogP contribution in [0.3, 0.4) is 0 Å². The molecule has 0 spiro atoms. The molecular weight excluding hydrogens is 446 g/mol. The minimum absolute atomic E-state index is 0.0677. The summed E-state index contributed by atoms with van der Waals surface area (Å²) in [4.78, 5) is 14.9. The van der Waals surface area contributed by atoms with Gasteiger partial charge in [-0.05, 0) is 74.6 Å². The van der Waals surface area contributed by atoms with Gasteiger partial charge < -0.3 is 10.2 Å². The largest absolute Gasteiger partial charge is 0.348 e. The maximum atomic E-state index is 12.8. The smallest absolute Gasteiger partial charge is 0.261 e. The fourth-order valence-corrected chi connectivity index (χ4v) is 4.47. The van der Waals surface area contributed by atoms with Gasteiger partial charge in [0.25, 0.3) is 15.9 Å². The van der Waals surface area contributed by atoms with Crippen molar-refractivity contribution in [3.63, 3.8) is 0 Å². The predicted octanol–water partition coefficient (Wildman–Crippen LogP) is 4.04. The quantitative estimate of drug-likeness (QED) is 0.493. The monoisotopic (exact) mass is 471 g/mol. The van der Waals surface area contributed by atoms with E-state index < -0.39 is 10.0 Å². The van der Waals surface area contributed by atoms with Crippen molar-refractivity contribution in [1.82, 2.24) is 10.2 Å². The van der Waals surface area contributed by atoms with Gasteiger partial charge in [0.1, 0.15) is 0 Å². The molecule has 3 aromatic rings. The van der Waals surface area contributed by atoms with Gasteiger partial charge >= 0.3 is 0 Å². The Kier molecular flexibility index (Phi) is 7.90. The van der Waals surface area contributed by atoms with Crippen LogP contribution in [0.25, 0.3) is 0 Å². The lowest BCUT2D eigenvalue weighted by Gasteiger charge is -2.22. The summed E-state index contributed by atoms with van der Waals surface area (Å²) in [5.74, 6) is -0.248. The van der Waals surface area contributed by atoms with Crippen LogP contribution in [0.4, 0.5) is 5.69 Å². The van der Waals surface area contributed by atoms with Crippen LogP contribution >= 0.6 is 11.6 Å². The third-order valence-corrected chi connectivity index (χ3v) is 6.42. The number of likely N-dealkylation sites (N-methyl/N-ethyl adjacent to an activating group) is 1. The highest BCUT2D eigenvalue weighted by Crippen LogP contribution is 2.19. The lowest BCUT2D eigenvalue weighted by atomic mass is 10.0. The standard InChI is InChI=1S/C24H26ClN3O3S/c1-28(2)17-22(16-18-6-4-3-5-7-18)26-24(29)19-8-14-23(15-9-19)32(30,31)27-21-12-10-20(25)11-13-21/h3-15,22,27H,16-17H2,1-2H3,(H,26,29). The normalized spacial score (nSPS) is 12.4. The molecule has 0 saturated carbocycles. The maximum Gasteiger partial charge on any atom is 0.261 e. The van der Waals surface area contributed by atoms with E-state index in [1.54, 1.807) is 24.3 Å². The Labute approximate surface area is 194 Å². The van der Waals surface area contributed by atoms with E-state index in [9.17, 15) is 13.2 Å². The second-order valence-electron chi connectivity index (χ2n) is 7.76. The molecule has 0 aliphatic rings. The van der Waals surface area contributed by atoms with E-state index in [1.165, 1.54) is 24.3 Å². The third kappa shape index (κ3) is 6.82. The van der Waals surface area contributed by atoms with E-state index >= 15 is 0 Å². The Hall–Kier alpha value is -2.87. The van der Waals surface area contributed by atoms with Gasteiger partial charge in [-0.3, -0.25) is 9.52 Å². The molecule has 0 aliphatic carbocycles. The molecule has 0 fully saturated rings. The molecule has 2 N–H and O–H groups in total. The van der Waals surface area contributed by atoms with E-state index in [0.717, 1.165) is 5.56 Å². The molecule has 0 saturated heterocycles. The Morgan fingerprint density at radius 3 is 2.16 bits per heavy atom. The molecule has 168 valence electrons. The minimum atomic E-state index is -3.78. The number of nitrogens with one attached hydrogen (secondary N) is 2. The summed E-state index contributed by atoms with van der Waals surface area (Å²) in [6.45, 7) is 0.679. The zero-order valence-corrected chi connectivity index (χ0v) is 19.5. The Morgan fingerprint density at radius 1 is 0.938 bits per heavy atom. The van der Waals surface area contributed by atoms with E-state index in [0.29, 0.717) is 29.2 Å². The fraction of sp³-hybridized carbons (Fsp3) is 0.208. The fourth-order valence-electron chi connectivity index (χ4n) is 3.29. The SMILES string of the molecule is CN(C)CC(Cc1ccccc1)NC(=O)c1ccc(S(=O)(=O)Nc2ccc(Cl)cc2)cc1. The molecule has 1 amide bonds. The van der Waals surface area contributed by atoms with E-state index in [2.05, 4.69) is 10.0 Å². The van der Waals surface area contributed by atoms with Gasteiger partial charge in [0, 0.05) is 28.9 Å². The van der Waals surface area contributed by atoms with E-state index in [4.69, 9.17) is 11.6 Å². The van der Waals surface area contributed by atoms with Crippen LogP contribution in [-0.2, 0) is 16.4 Å². The molecule has 32 heavy (non-hydrogen) atoms. The van der Waals surface area contributed by atoms with Gasteiger partial charge in [0.2, 0.25) is 0 Å². The molecule has 0 aromatic heterocycles. The van der Waals surface area contributed by atoms with Crippen LogP contribution in [-0.4, -0.2) is 45.9 Å². The van der Waals surface area contributed by atoms with Crippen LogP contribution in [0, 0.1) is 0 Å². The first-order valence-corrected chi connectivity index (χ1v) is 12.0. The van der Waals surface area contributed by atoms with Crippen LogP contribution in [0.1, 0.15) is 15.9 Å². The first-order chi connectivity index (χ1) is 15.2. The van der Waals surface area contributed by atoms with Crippen LogP contribution in [0.5, 0.6) is 0 Å². The topological polar surface area (TPSA) is 78.5 Å². The van der Waals surface area contributed by atoms with Crippen LogP contribution < -0.4 is 10.0 Å². The average molecular weight is 472 g/mol. The molecular formula is C24H26ClN3O3S. The molecule has 0 heterocycles. The number of carbonyl (C=O) groups excluding carboxylic acids is 1. The summed E-state index contributed by atoms with van der Waals surface area (Å²) in [6, 6.07) is 22.1. The number of amides is 1. The van der Waals surface area contributed by atoms with Gasteiger partial charge in [-0.15, -0.1) is 0 Å². The molecule has 3 rings (SSSR count). The highest BCUT2D eigenvalue weighted by molar-refractivity contribution is 7.92. The summed E-state index contributed by atoms with van der Waals surface area (Å²) in [5.41, 5.74) is 1.94. The van der Waals surface area contributed by atoms with Crippen molar-refractivity contribution in [2.24, 2.45) is 0 Å². The van der Waals surface area contributed by atoms with Crippen LogP contribution in [0.2, 0.25) is 5.02 Å². The molecule has 0 radical (unpaired) electrons. The van der Waals surface area contributed by atoms with Crippen molar-refractivity contribution in [3.05, 3.63) is 95.0 Å². The minimum Gasteiger partial charge on any atom is -0.348 e. The highest BCUT2D eigenvalue weighted by Gasteiger charge is 2.18. The van der Waals surface area contributed by atoms with E-state index in [1.807, 2.05) is 49.3 Å². The molecule has 3 aromatic carbocycles. The number of nitrogens with zero attached hydrogens (tertiary/aromatic N) is 1. The number of anilines is 1. The van der Waals surface area contributed by atoms with E-state index in [-0.39, 0.29) is 16.8 Å². The summed E-state index contributed by atoms with van der Waals surface area (Å²) in [6.07, 6.45) is 0.697. The Morgan fingerprint density at radius 2 is 1.56 bits per heavy atom. The highest BCUT2D eigenvalue weighted by atomic mass is 35.5. The van der Waals surface area contributed by atoms with Crippen molar-refractivity contribution in [2.75, 3.05) is 25.4 Å². The van der Waals surface area contributed by atoms with Crippen LogP contribution in [0.15, 0.2) is 83.8 Å². The third-order valence-electron chi connectivity index (χ3n) is 4.77. The van der Waals surface area contributed by atoms with Gasteiger partial charge in [-0.1, -0.05) is 41.9 Å². The zero-order valence-electron chi connectivity index (χ0n) is 18.0. The maximum absolute atomic E-state index is 12.8. The second-order valence-corrected chi connectivity index (χ2v) is 9.88. The number of benzene rings is 3. The van der Waals surface area contributed by atoms with Crippen molar-refractivity contribution >= 4 is 33.2 Å². The number of halogens is 1. The molecule has 8 heteroatoms. The lowest BCUT2D eigenvalue weighted by Crippen LogP contribution is -2.43. The Bertz CT molecular complexity index is 1130. The zero-order chi connectivity index (χ0) is 23.1. The van der Waals surface area contributed by atoms with Gasteiger partial charge in [-0.25, -0.2) is 8.42 Å².